The van der Waals surface area contributed by atoms with Gasteiger partial charge in [-0.15, -0.1) is 0 Å². The lowest BCUT2D eigenvalue weighted by molar-refractivity contribution is 0.104. The zero-order chi connectivity index (χ0) is 16.7. The van der Waals surface area contributed by atoms with E-state index in [1.165, 1.54) is 12.1 Å². The molecule has 0 radical (unpaired) electrons. The first-order chi connectivity index (χ1) is 11.1. The van der Waals surface area contributed by atoms with E-state index in [0.717, 1.165) is 11.1 Å². The van der Waals surface area contributed by atoms with E-state index in [0.29, 0.717) is 11.6 Å². The summed E-state index contributed by atoms with van der Waals surface area (Å²) in [7, 11) is 1.56. The van der Waals surface area contributed by atoms with Gasteiger partial charge in [-0.05, 0) is 23.8 Å². The molecule has 2 N–H and O–H groups in total. The Morgan fingerprint density at radius 3 is 2.52 bits per heavy atom. The van der Waals surface area contributed by atoms with Gasteiger partial charge in [0.1, 0.15) is 11.9 Å². The summed E-state index contributed by atoms with van der Waals surface area (Å²) in [4.78, 5) is 11.8. The Morgan fingerprint density at radius 1 is 1.17 bits per heavy atom. The van der Waals surface area contributed by atoms with Gasteiger partial charge in [0.2, 0.25) is 0 Å². The van der Waals surface area contributed by atoms with Gasteiger partial charge in [-0.25, -0.2) is 9.18 Å². The zero-order valence-corrected chi connectivity index (χ0v) is 13.4. The van der Waals surface area contributed by atoms with E-state index in [4.69, 9.17) is 16.3 Å². The largest absolute Gasteiger partial charge is 0.375 e. The van der Waals surface area contributed by atoms with Crippen LogP contribution >= 0.6 is 11.6 Å². The molecule has 2 amide bonds. The maximum Gasteiger partial charge on any atom is 0.315 e. The molecule has 4 nitrogen and oxygen atoms in total. The lowest BCUT2D eigenvalue weighted by atomic mass is 10.1. The van der Waals surface area contributed by atoms with Crippen molar-refractivity contribution >= 4 is 17.6 Å². The molecule has 6 heteroatoms. The van der Waals surface area contributed by atoms with Crippen LogP contribution in [0.2, 0.25) is 5.02 Å². The van der Waals surface area contributed by atoms with Gasteiger partial charge >= 0.3 is 6.03 Å². The lowest BCUT2D eigenvalue weighted by Gasteiger charge is -2.18. The summed E-state index contributed by atoms with van der Waals surface area (Å²) >= 11 is 6.13. The van der Waals surface area contributed by atoms with Crippen LogP contribution in [0.25, 0.3) is 0 Å². The number of halogens is 2. The van der Waals surface area contributed by atoms with E-state index in [1.54, 1.807) is 25.3 Å². The third-order valence-corrected chi connectivity index (χ3v) is 3.70. The molecule has 2 aromatic carbocycles. The number of hydrogen-bond acceptors (Lipinski definition) is 2. The second-order valence-electron chi connectivity index (χ2n) is 4.94. The van der Waals surface area contributed by atoms with Crippen molar-refractivity contribution in [1.82, 2.24) is 10.6 Å². The summed E-state index contributed by atoms with van der Waals surface area (Å²) in [5.41, 5.74) is 1.63. The molecule has 0 saturated heterocycles. The fourth-order valence-corrected chi connectivity index (χ4v) is 2.35. The molecule has 0 heterocycles. The average Bonchev–Trinajstić information content (AvgIpc) is 2.56. The molecule has 0 fully saturated rings. The maximum absolute atomic E-state index is 12.8. The van der Waals surface area contributed by atoms with Crippen LogP contribution in [0.1, 0.15) is 17.2 Å². The molecular formula is C17H18ClFN2O2. The molecular weight excluding hydrogens is 319 g/mol. The second kappa shape index (κ2) is 8.50. The molecule has 0 spiro atoms. The number of ether oxygens (including phenoxy) is 1. The normalized spacial score (nSPS) is 11.8. The Kier molecular flexibility index (Phi) is 6.38. The minimum Gasteiger partial charge on any atom is -0.375 e. The zero-order valence-electron chi connectivity index (χ0n) is 12.7. The Morgan fingerprint density at radius 2 is 1.87 bits per heavy atom. The monoisotopic (exact) mass is 336 g/mol. The number of amides is 2. The van der Waals surface area contributed by atoms with Crippen LogP contribution in [0.5, 0.6) is 0 Å². The number of rotatable bonds is 6. The number of carbonyl (C=O) groups is 1. The molecule has 23 heavy (non-hydrogen) atoms. The molecule has 2 rings (SSSR count). The number of methoxy groups -OCH3 is 1. The lowest BCUT2D eigenvalue weighted by Crippen LogP contribution is -2.37. The number of carbonyl (C=O) groups excluding carboxylic acids is 1. The molecule has 2 aromatic rings. The quantitative estimate of drug-likeness (QED) is 0.845. The van der Waals surface area contributed by atoms with Gasteiger partial charge < -0.3 is 15.4 Å². The molecule has 0 bridgehead atoms. The summed E-state index contributed by atoms with van der Waals surface area (Å²) in [5, 5.41) is 6.03. The SMILES string of the molecule is CO[C@H](CNC(=O)NCc1ccc(F)cc1)c1ccccc1Cl. The van der Waals surface area contributed by atoms with E-state index >= 15 is 0 Å². The molecule has 122 valence electrons. The topological polar surface area (TPSA) is 50.4 Å². The minimum atomic E-state index is -0.333. The van der Waals surface area contributed by atoms with Crippen molar-refractivity contribution in [3.05, 3.63) is 70.5 Å². The standard InChI is InChI=1S/C17H18ClFN2O2/c1-23-16(14-4-2-3-5-15(14)18)11-21-17(22)20-10-12-6-8-13(19)9-7-12/h2-9,16H,10-11H2,1H3,(H2,20,21,22)/t16-/m1/s1. The van der Waals surface area contributed by atoms with Crippen molar-refractivity contribution < 1.29 is 13.9 Å². The highest BCUT2D eigenvalue weighted by Crippen LogP contribution is 2.24. The number of hydrogen-bond donors (Lipinski definition) is 2. The Balaban J connectivity index is 1.83. The third-order valence-electron chi connectivity index (χ3n) is 3.35. The molecule has 1 atom stereocenters. The van der Waals surface area contributed by atoms with Crippen LogP contribution in [0.3, 0.4) is 0 Å². The third kappa shape index (κ3) is 5.23. The van der Waals surface area contributed by atoms with Gasteiger partial charge in [-0.3, -0.25) is 0 Å². The van der Waals surface area contributed by atoms with Gasteiger partial charge in [0.15, 0.2) is 0 Å². The Labute approximate surface area is 139 Å². The van der Waals surface area contributed by atoms with Crippen molar-refractivity contribution in [1.29, 1.82) is 0 Å². The first-order valence-electron chi connectivity index (χ1n) is 7.13. The van der Waals surface area contributed by atoms with Gasteiger partial charge in [0, 0.05) is 30.8 Å². The van der Waals surface area contributed by atoms with Crippen molar-refractivity contribution in [3.8, 4) is 0 Å². The number of benzene rings is 2. The van der Waals surface area contributed by atoms with Crippen LogP contribution in [0, 0.1) is 5.82 Å². The minimum absolute atomic E-state index is 0.287. The van der Waals surface area contributed by atoms with E-state index in [2.05, 4.69) is 10.6 Å². The van der Waals surface area contributed by atoms with Crippen molar-refractivity contribution in [2.24, 2.45) is 0 Å². The molecule has 0 aliphatic rings. The molecule has 0 aliphatic carbocycles. The van der Waals surface area contributed by atoms with Gasteiger partial charge in [-0.1, -0.05) is 41.9 Å². The van der Waals surface area contributed by atoms with Gasteiger partial charge in [-0.2, -0.15) is 0 Å². The number of nitrogens with one attached hydrogen (secondary N) is 2. The fraction of sp³-hybridized carbons (Fsp3) is 0.235. The van der Waals surface area contributed by atoms with Crippen molar-refractivity contribution in [3.63, 3.8) is 0 Å². The predicted molar refractivity (Wildman–Crippen MR) is 87.8 cm³/mol. The smallest absolute Gasteiger partial charge is 0.315 e. The van der Waals surface area contributed by atoms with Crippen LogP contribution in [0.15, 0.2) is 48.5 Å². The van der Waals surface area contributed by atoms with E-state index in [9.17, 15) is 9.18 Å². The van der Waals surface area contributed by atoms with Crippen molar-refractivity contribution in [2.45, 2.75) is 12.6 Å². The van der Waals surface area contributed by atoms with E-state index < -0.39 is 0 Å². The summed E-state index contributed by atoms with van der Waals surface area (Å²) in [6.07, 6.45) is -0.333. The van der Waals surface area contributed by atoms with Crippen LogP contribution < -0.4 is 10.6 Å². The Bertz CT molecular complexity index is 649. The molecule has 0 unspecified atom stereocenters. The summed E-state index contributed by atoms with van der Waals surface area (Å²) in [5.74, 6) is -0.305. The van der Waals surface area contributed by atoms with Crippen LogP contribution in [-0.4, -0.2) is 19.7 Å². The molecule has 0 saturated carbocycles. The van der Waals surface area contributed by atoms with E-state index in [-0.39, 0.29) is 24.5 Å². The highest BCUT2D eigenvalue weighted by molar-refractivity contribution is 6.31. The summed E-state index contributed by atoms with van der Waals surface area (Å²) in [6.45, 7) is 0.603. The Hall–Kier alpha value is -2.11. The highest BCUT2D eigenvalue weighted by Gasteiger charge is 2.14. The predicted octanol–water partition coefficient (Wildman–Crippen LogP) is 3.67. The van der Waals surface area contributed by atoms with Gasteiger partial charge in [0.25, 0.3) is 0 Å². The number of urea groups is 1. The summed E-state index contributed by atoms with van der Waals surface area (Å²) < 4.78 is 18.2. The second-order valence-corrected chi connectivity index (χ2v) is 5.34. The van der Waals surface area contributed by atoms with Crippen LogP contribution in [-0.2, 0) is 11.3 Å². The van der Waals surface area contributed by atoms with Crippen molar-refractivity contribution in [2.75, 3.05) is 13.7 Å². The van der Waals surface area contributed by atoms with Gasteiger partial charge in [0.05, 0.1) is 0 Å². The maximum atomic E-state index is 12.8. The average molecular weight is 337 g/mol. The first kappa shape index (κ1) is 17.2. The molecule has 0 aromatic heterocycles. The summed E-state index contributed by atoms with van der Waals surface area (Å²) in [6, 6.07) is 13.0. The van der Waals surface area contributed by atoms with E-state index in [1.807, 2.05) is 18.2 Å². The highest BCUT2D eigenvalue weighted by atomic mass is 35.5. The van der Waals surface area contributed by atoms with Crippen LogP contribution in [0.4, 0.5) is 9.18 Å². The first-order valence-corrected chi connectivity index (χ1v) is 7.51. The molecule has 0 aliphatic heterocycles. The fourth-order valence-electron chi connectivity index (χ4n) is 2.09.